The van der Waals surface area contributed by atoms with Gasteiger partial charge in [-0.1, -0.05) is 0 Å². The molecular formula is C26H31N5O4. The van der Waals surface area contributed by atoms with E-state index in [9.17, 15) is 5.11 Å². The summed E-state index contributed by atoms with van der Waals surface area (Å²) in [4.78, 5) is 19.7. The summed E-state index contributed by atoms with van der Waals surface area (Å²) in [5.41, 5.74) is 3.10. The lowest BCUT2D eigenvalue weighted by Gasteiger charge is -2.38. The predicted octanol–water partition coefficient (Wildman–Crippen LogP) is 2.79. The van der Waals surface area contributed by atoms with Crippen LogP contribution in [0.4, 0.5) is 11.8 Å². The van der Waals surface area contributed by atoms with Crippen LogP contribution in [0.5, 0.6) is 5.75 Å². The Morgan fingerprint density at radius 1 is 1.03 bits per heavy atom. The van der Waals surface area contributed by atoms with Crippen LogP contribution >= 0.6 is 0 Å². The molecule has 9 nitrogen and oxygen atoms in total. The van der Waals surface area contributed by atoms with Crippen molar-refractivity contribution in [1.82, 2.24) is 15.0 Å². The first kappa shape index (κ1) is 22.5. The molecule has 3 aliphatic heterocycles. The van der Waals surface area contributed by atoms with Gasteiger partial charge < -0.3 is 29.1 Å². The summed E-state index contributed by atoms with van der Waals surface area (Å²) >= 11 is 0. The molecule has 0 saturated carbocycles. The molecule has 2 unspecified atom stereocenters. The Labute approximate surface area is 204 Å². The fourth-order valence-corrected chi connectivity index (χ4v) is 5.53. The first-order chi connectivity index (χ1) is 17.2. The molecule has 0 aliphatic carbocycles. The van der Waals surface area contributed by atoms with E-state index in [0.717, 1.165) is 60.6 Å². The topological polar surface area (TPSA) is 93.1 Å². The highest BCUT2D eigenvalue weighted by Crippen LogP contribution is 2.38. The van der Waals surface area contributed by atoms with Gasteiger partial charge in [0.15, 0.2) is 5.65 Å². The number of rotatable bonds is 5. The van der Waals surface area contributed by atoms with Crippen molar-refractivity contribution in [3.8, 4) is 17.0 Å². The van der Waals surface area contributed by atoms with E-state index in [1.807, 2.05) is 24.3 Å². The molecule has 3 fully saturated rings. The maximum Gasteiger partial charge on any atom is 0.229 e. The lowest BCUT2D eigenvalue weighted by molar-refractivity contribution is 0.0902. The van der Waals surface area contributed by atoms with Crippen molar-refractivity contribution in [2.24, 2.45) is 0 Å². The van der Waals surface area contributed by atoms with Gasteiger partial charge in [-0.15, -0.1) is 0 Å². The quantitative estimate of drug-likeness (QED) is 0.595. The molecule has 0 radical (unpaired) electrons. The number of aliphatic hydroxyl groups is 1. The van der Waals surface area contributed by atoms with Gasteiger partial charge in [0.2, 0.25) is 5.95 Å². The first-order valence-corrected chi connectivity index (χ1v) is 12.3. The summed E-state index contributed by atoms with van der Waals surface area (Å²) in [5.74, 6) is 2.31. The van der Waals surface area contributed by atoms with Crippen LogP contribution in [0.1, 0.15) is 25.3 Å². The van der Waals surface area contributed by atoms with E-state index in [0.29, 0.717) is 42.6 Å². The van der Waals surface area contributed by atoms with Gasteiger partial charge in [0.1, 0.15) is 11.6 Å². The zero-order valence-corrected chi connectivity index (χ0v) is 20.2. The Morgan fingerprint density at radius 3 is 2.60 bits per heavy atom. The van der Waals surface area contributed by atoms with Crippen molar-refractivity contribution in [2.45, 2.75) is 44.5 Å². The highest BCUT2D eigenvalue weighted by Gasteiger charge is 2.39. The van der Waals surface area contributed by atoms with E-state index >= 15 is 0 Å². The maximum absolute atomic E-state index is 9.78. The molecule has 9 heteroatoms. The van der Waals surface area contributed by atoms with E-state index in [4.69, 9.17) is 29.2 Å². The molecule has 6 rings (SSSR count). The number of methoxy groups -OCH3 is 1. The maximum atomic E-state index is 9.78. The first-order valence-electron chi connectivity index (χ1n) is 12.3. The van der Waals surface area contributed by atoms with Crippen molar-refractivity contribution in [1.29, 1.82) is 0 Å². The number of aromatic nitrogens is 3. The molecule has 1 aromatic carbocycles. The molecule has 2 bridgehead atoms. The van der Waals surface area contributed by atoms with Gasteiger partial charge >= 0.3 is 0 Å². The average Bonchev–Trinajstić information content (AvgIpc) is 3.14. The minimum Gasteiger partial charge on any atom is -0.496 e. The van der Waals surface area contributed by atoms with E-state index < -0.39 is 0 Å². The third-order valence-corrected chi connectivity index (χ3v) is 7.38. The van der Waals surface area contributed by atoms with Crippen LogP contribution in [0.3, 0.4) is 0 Å². The minimum absolute atomic E-state index is 0.101. The highest BCUT2D eigenvalue weighted by atomic mass is 16.5. The summed E-state index contributed by atoms with van der Waals surface area (Å²) in [6.07, 6.45) is 2.22. The monoisotopic (exact) mass is 477 g/mol. The van der Waals surface area contributed by atoms with Crippen molar-refractivity contribution in [2.75, 3.05) is 49.9 Å². The largest absolute Gasteiger partial charge is 0.496 e. The molecule has 3 aliphatic rings. The number of benzene rings is 1. The zero-order chi connectivity index (χ0) is 23.9. The van der Waals surface area contributed by atoms with Crippen molar-refractivity contribution in [3.05, 3.63) is 35.9 Å². The van der Waals surface area contributed by atoms with Gasteiger partial charge in [-0.05, 0) is 50.1 Å². The van der Waals surface area contributed by atoms with Crippen LogP contribution in [-0.2, 0) is 16.1 Å². The number of ether oxygens (including phenoxy) is 3. The molecule has 2 aromatic heterocycles. The van der Waals surface area contributed by atoms with Gasteiger partial charge in [0.25, 0.3) is 0 Å². The van der Waals surface area contributed by atoms with E-state index in [2.05, 4.69) is 22.8 Å². The molecule has 3 aromatic rings. The molecule has 3 saturated heterocycles. The molecule has 1 N–H and O–H groups in total. The van der Waals surface area contributed by atoms with Gasteiger partial charge in [0.05, 0.1) is 69.3 Å². The molecule has 0 amide bonds. The molecular weight excluding hydrogens is 446 g/mol. The molecule has 184 valence electrons. The van der Waals surface area contributed by atoms with Crippen LogP contribution in [-0.4, -0.2) is 78.3 Å². The fraction of sp³-hybridized carbons (Fsp3) is 0.500. The lowest BCUT2D eigenvalue weighted by Crippen LogP contribution is -2.47. The molecule has 0 spiro atoms. The number of hydrogen-bond donors (Lipinski definition) is 1. The van der Waals surface area contributed by atoms with Crippen LogP contribution in [0.2, 0.25) is 0 Å². The number of anilines is 2. The Bertz CT molecular complexity index is 1220. The predicted molar refractivity (Wildman–Crippen MR) is 133 cm³/mol. The fourth-order valence-electron chi connectivity index (χ4n) is 5.53. The standard InChI is InChI=1S/C26H31N5O4/c1-16-13-34-10-9-30(16)26-28-24-21(25(29-26)31-19-4-5-20(31)15-35-14-19)6-7-22(27-24)17-3-8-23(33-2)18(11-17)12-32/h3,6-8,11,16,19-20,32H,4-5,9-10,12-15H2,1-2H3/t16-,19?,20?/m0/s1. The second-order valence-corrected chi connectivity index (χ2v) is 9.55. The van der Waals surface area contributed by atoms with Crippen molar-refractivity contribution < 1.29 is 19.3 Å². The third-order valence-electron chi connectivity index (χ3n) is 7.38. The summed E-state index contributed by atoms with van der Waals surface area (Å²) in [7, 11) is 1.60. The number of nitrogens with zero attached hydrogens (tertiary/aromatic N) is 5. The second kappa shape index (κ2) is 9.22. The third kappa shape index (κ3) is 3.97. The normalized spacial score (nSPS) is 24.3. The summed E-state index contributed by atoms with van der Waals surface area (Å²) in [6.45, 7) is 5.56. The SMILES string of the molecule is COc1ccc(-c2ccc3c(N4C5CCC4COC5)nc(N4CCOC[C@@H]4C)nc3n2)cc1CO. The zero-order valence-electron chi connectivity index (χ0n) is 20.2. The minimum atomic E-state index is -0.101. The number of pyridine rings is 1. The van der Waals surface area contributed by atoms with Crippen LogP contribution in [0.15, 0.2) is 30.3 Å². The van der Waals surface area contributed by atoms with Crippen LogP contribution in [0.25, 0.3) is 22.3 Å². The number of aliphatic hydroxyl groups excluding tert-OH is 1. The molecule has 35 heavy (non-hydrogen) atoms. The summed E-state index contributed by atoms with van der Waals surface area (Å²) in [6, 6.07) is 10.7. The summed E-state index contributed by atoms with van der Waals surface area (Å²) < 4.78 is 16.9. The Hall–Kier alpha value is -3.01. The van der Waals surface area contributed by atoms with Gasteiger partial charge in [-0.3, -0.25) is 0 Å². The van der Waals surface area contributed by atoms with Gasteiger partial charge in [-0.25, -0.2) is 4.98 Å². The Morgan fingerprint density at radius 2 is 1.86 bits per heavy atom. The Balaban J connectivity index is 1.49. The lowest BCUT2D eigenvalue weighted by atomic mass is 10.1. The van der Waals surface area contributed by atoms with Crippen molar-refractivity contribution in [3.63, 3.8) is 0 Å². The van der Waals surface area contributed by atoms with Crippen molar-refractivity contribution >= 4 is 22.8 Å². The summed E-state index contributed by atoms with van der Waals surface area (Å²) in [5, 5.41) is 10.7. The highest BCUT2D eigenvalue weighted by molar-refractivity contribution is 5.90. The Kier molecular flexibility index (Phi) is 5.91. The van der Waals surface area contributed by atoms with Crippen LogP contribution in [0, 0.1) is 0 Å². The van der Waals surface area contributed by atoms with E-state index in [1.165, 1.54) is 0 Å². The molecule has 5 heterocycles. The van der Waals surface area contributed by atoms with Gasteiger partial charge in [-0.2, -0.15) is 9.97 Å². The number of fused-ring (bicyclic) bond motifs is 3. The van der Waals surface area contributed by atoms with E-state index in [1.54, 1.807) is 7.11 Å². The number of hydrogen-bond acceptors (Lipinski definition) is 9. The smallest absolute Gasteiger partial charge is 0.229 e. The number of morpholine rings is 2. The van der Waals surface area contributed by atoms with Gasteiger partial charge in [0, 0.05) is 17.7 Å². The average molecular weight is 478 g/mol. The second-order valence-electron chi connectivity index (χ2n) is 9.55. The van der Waals surface area contributed by atoms with E-state index in [-0.39, 0.29) is 12.6 Å². The van der Waals surface area contributed by atoms with Crippen LogP contribution < -0.4 is 14.5 Å². The molecule has 3 atom stereocenters.